The van der Waals surface area contributed by atoms with Crippen LogP contribution in [-0.2, 0) is 4.79 Å². The number of nitrogens with zero attached hydrogens (tertiary/aromatic N) is 1. The topological polar surface area (TPSA) is 46.3 Å². The van der Waals surface area contributed by atoms with Gasteiger partial charge >= 0.3 is 0 Å². The van der Waals surface area contributed by atoms with E-state index in [1.54, 1.807) is 0 Å². The molecule has 0 aromatic rings. The molecular weight excluding hydrogens is 224 g/mol. The Balaban J connectivity index is 2.38. The molecule has 0 bridgehead atoms. The fourth-order valence-electron chi connectivity index (χ4n) is 2.70. The summed E-state index contributed by atoms with van der Waals surface area (Å²) < 4.78 is 0. The Hall–Kier alpha value is -0.570. The summed E-state index contributed by atoms with van der Waals surface area (Å²) in [6.45, 7) is 8.90. The van der Waals surface area contributed by atoms with E-state index in [0.717, 1.165) is 25.4 Å². The highest BCUT2D eigenvalue weighted by Gasteiger charge is 2.24. The van der Waals surface area contributed by atoms with Crippen molar-refractivity contribution in [1.29, 1.82) is 0 Å². The van der Waals surface area contributed by atoms with Crippen LogP contribution < -0.4 is 5.73 Å². The van der Waals surface area contributed by atoms with Crippen LogP contribution >= 0.6 is 0 Å². The first-order valence-corrected chi connectivity index (χ1v) is 7.54. The van der Waals surface area contributed by atoms with Gasteiger partial charge in [-0.2, -0.15) is 0 Å². The fraction of sp³-hybridized carbons (Fsp3) is 0.933. The molecule has 1 amide bonds. The molecule has 3 heteroatoms. The van der Waals surface area contributed by atoms with Gasteiger partial charge < -0.3 is 10.6 Å². The molecule has 0 aromatic heterocycles. The van der Waals surface area contributed by atoms with Gasteiger partial charge in [0.05, 0.1) is 0 Å². The highest BCUT2D eigenvalue weighted by Crippen LogP contribution is 2.27. The van der Waals surface area contributed by atoms with Gasteiger partial charge in [-0.1, -0.05) is 20.3 Å². The molecule has 1 atom stereocenters. The van der Waals surface area contributed by atoms with Crippen molar-refractivity contribution in [1.82, 2.24) is 4.90 Å². The number of rotatable bonds is 8. The van der Waals surface area contributed by atoms with Crippen LogP contribution in [0, 0.1) is 17.8 Å². The van der Waals surface area contributed by atoms with Crippen LogP contribution in [0.3, 0.4) is 0 Å². The van der Waals surface area contributed by atoms with Crippen molar-refractivity contribution in [3.8, 4) is 0 Å². The largest absolute Gasteiger partial charge is 0.343 e. The van der Waals surface area contributed by atoms with E-state index >= 15 is 0 Å². The first kappa shape index (κ1) is 15.5. The van der Waals surface area contributed by atoms with Crippen molar-refractivity contribution >= 4 is 5.91 Å². The molecular formula is C15H30N2O. The molecule has 0 aromatic carbocycles. The summed E-state index contributed by atoms with van der Waals surface area (Å²) >= 11 is 0. The van der Waals surface area contributed by atoms with Gasteiger partial charge in [-0.3, -0.25) is 4.79 Å². The molecule has 0 saturated heterocycles. The minimum Gasteiger partial charge on any atom is -0.343 e. The van der Waals surface area contributed by atoms with Crippen molar-refractivity contribution in [2.75, 3.05) is 19.6 Å². The van der Waals surface area contributed by atoms with Crippen LogP contribution in [0.1, 0.15) is 52.9 Å². The van der Waals surface area contributed by atoms with Crippen LogP contribution in [0.4, 0.5) is 0 Å². The minimum absolute atomic E-state index is 0.306. The van der Waals surface area contributed by atoms with E-state index in [9.17, 15) is 4.79 Å². The lowest BCUT2D eigenvalue weighted by Crippen LogP contribution is -2.38. The third-order valence-corrected chi connectivity index (χ3v) is 4.04. The molecule has 1 unspecified atom stereocenters. The van der Waals surface area contributed by atoms with Crippen LogP contribution in [0.5, 0.6) is 0 Å². The van der Waals surface area contributed by atoms with Gasteiger partial charge in [-0.15, -0.1) is 0 Å². The Labute approximate surface area is 112 Å². The maximum Gasteiger partial charge on any atom is 0.222 e. The van der Waals surface area contributed by atoms with Crippen LogP contribution in [0.25, 0.3) is 0 Å². The Kier molecular flexibility index (Phi) is 6.69. The van der Waals surface area contributed by atoms with Crippen molar-refractivity contribution in [2.45, 2.75) is 52.9 Å². The van der Waals surface area contributed by atoms with Gasteiger partial charge in [0.2, 0.25) is 5.91 Å². The number of hydrogen-bond donors (Lipinski definition) is 1. The van der Waals surface area contributed by atoms with E-state index in [1.165, 1.54) is 19.3 Å². The van der Waals surface area contributed by atoms with Gasteiger partial charge in [0.1, 0.15) is 0 Å². The third-order valence-electron chi connectivity index (χ3n) is 4.04. The van der Waals surface area contributed by atoms with E-state index in [4.69, 9.17) is 5.73 Å². The quantitative estimate of drug-likeness (QED) is 0.724. The number of amides is 1. The van der Waals surface area contributed by atoms with Gasteiger partial charge in [0, 0.05) is 19.5 Å². The number of hydrogen-bond acceptors (Lipinski definition) is 2. The monoisotopic (exact) mass is 254 g/mol. The van der Waals surface area contributed by atoms with Gasteiger partial charge in [-0.05, 0) is 50.5 Å². The SMILES string of the molecule is CCN(CC1CCC1)C(=O)CC(CN)CC(C)C. The molecule has 0 heterocycles. The summed E-state index contributed by atoms with van der Waals surface area (Å²) in [5.74, 6) is 2.04. The predicted octanol–water partition coefficient (Wildman–Crippen LogP) is 2.65. The minimum atomic E-state index is 0.306. The molecule has 0 radical (unpaired) electrons. The maximum absolute atomic E-state index is 12.3. The zero-order valence-electron chi connectivity index (χ0n) is 12.3. The zero-order chi connectivity index (χ0) is 13.5. The average molecular weight is 254 g/mol. The molecule has 1 rings (SSSR count). The standard InChI is InChI=1S/C15H30N2O/c1-4-17(11-13-6-5-7-13)15(18)9-14(10-16)8-12(2)3/h12-14H,4-11,16H2,1-3H3. The summed E-state index contributed by atoms with van der Waals surface area (Å²) in [5.41, 5.74) is 5.78. The summed E-state index contributed by atoms with van der Waals surface area (Å²) in [6, 6.07) is 0. The summed E-state index contributed by atoms with van der Waals surface area (Å²) in [7, 11) is 0. The van der Waals surface area contributed by atoms with Crippen LogP contribution in [0.15, 0.2) is 0 Å². The van der Waals surface area contributed by atoms with Gasteiger partial charge in [0.25, 0.3) is 0 Å². The summed E-state index contributed by atoms with van der Waals surface area (Å²) in [6.07, 6.45) is 5.64. The second-order valence-corrected chi connectivity index (χ2v) is 6.16. The van der Waals surface area contributed by atoms with Crippen LogP contribution in [0.2, 0.25) is 0 Å². The lowest BCUT2D eigenvalue weighted by Gasteiger charge is -2.32. The van der Waals surface area contributed by atoms with E-state index in [1.807, 2.05) is 4.90 Å². The second kappa shape index (κ2) is 7.78. The second-order valence-electron chi connectivity index (χ2n) is 6.16. The highest BCUT2D eigenvalue weighted by molar-refractivity contribution is 5.76. The normalized spacial score (nSPS) is 17.6. The Bertz CT molecular complexity index is 249. The van der Waals surface area contributed by atoms with E-state index in [2.05, 4.69) is 20.8 Å². The number of nitrogens with two attached hydrogens (primary N) is 1. The molecule has 0 spiro atoms. The van der Waals surface area contributed by atoms with E-state index in [-0.39, 0.29) is 0 Å². The van der Waals surface area contributed by atoms with Crippen LogP contribution in [-0.4, -0.2) is 30.4 Å². The molecule has 106 valence electrons. The molecule has 2 N–H and O–H groups in total. The fourth-order valence-corrected chi connectivity index (χ4v) is 2.70. The Morgan fingerprint density at radius 1 is 1.39 bits per heavy atom. The Morgan fingerprint density at radius 2 is 2.06 bits per heavy atom. The van der Waals surface area contributed by atoms with Crippen molar-refractivity contribution in [3.63, 3.8) is 0 Å². The Morgan fingerprint density at radius 3 is 2.44 bits per heavy atom. The molecule has 1 fully saturated rings. The van der Waals surface area contributed by atoms with Gasteiger partial charge in [0.15, 0.2) is 0 Å². The van der Waals surface area contributed by atoms with Crippen molar-refractivity contribution < 1.29 is 4.79 Å². The van der Waals surface area contributed by atoms with E-state index < -0.39 is 0 Å². The van der Waals surface area contributed by atoms with Crippen molar-refractivity contribution in [3.05, 3.63) is 0 Å². The first-order chi connectivity index (χ1) is 8.56. The molecule has 1 saturated carbocycles. The predicted molar refractivity (Wildman–Crippen MR) is 76.2 cm³/mol. The van der Waals surface area contributed by atoms with Gasteiger partial charge in [-0.25, -0.2) is 0 Å². The summed E-state index contributed by atoms with van der Waals surface area (Å²) in [5, 5.41) is 0. The van der Waals surface area contributed by atoms with E-state index in [0.29, 0.717) is 30.7 Å². The molecule has 0 aliphatic heterocycles. The lowest BCUT2D eigenvalue weighted by atomic mass is 9.85. The maximum atomic E-state index is 12.3. The van der Waals surface area contributed by atoms with Crippen molar-refractivity contribution in [2.24, 2.45) is 23.5 Å². The third kappa shape index (κ3) is 4.97. The molecule has 1 aliphatic rings. The molecule has 1 aliphatic carbocycles. The number of carbonyl (C=O) groups is 1. The first-order valence-electron chi connectivity index (χ1n) is 7.54. The lowest BCUT2D eigenvalue weighted by molar-refractivity contribution is -0.133. The number of carbonyl (C=O) groups excluding carboxylic acids is 1. The zero-order valence-corrected chi connectivity index (χ0v) is 12.3. The highest BCUT2D eigenvalue weighted by atomic mass is 16.2. The smallest absolute Gasteiger partial charge is 0.222 e. The molecule has 18 heavy (non-hydrogen) atoms. The summed E-state index contributed by atoms with van der Waals surface area (Å²) in [4.78, 5) is 14.3. The molecule has 3 nitrogen and oxygen atoms in total. The average Bonchev–Trinajstić information content (AvgIpc) is 2.26.